The van der Waals surface area contributed by atoms with Crippen molar-refractivity contribution in [2.45, 2.75) is 65.5 Å². The second-order valence-electron chi connectivity index (χ2n) is 10.2. The van der Waals surface area contributed by atoms with Gasteiger partial charge in [0.25, 0.3) is 0 Å². The lowest BCUT2D eigenvalue weighted by atomic mass is 9.64. The number of anilines is 1. The third-order valence-electron chi connectivity index (χ3n) is 7.60. The highest BCUT2D eigenvalue weighted by Gasteiger charge is 2.49. The number of allylic oxidation sites excluding steroid dienone is 1. The number of ether oxygens (including phenoxy) is 1. The average molecular weight is 457 g/mol. The first kappa shape index (κ1) is 23.2. The molecule has 1 saturated carbocycles. The molecule has 3 aliphatic rings. The van der Waals surface area contributed by atoms with Crippen LogP contribution in [0.3, 0.4) is 0 Å². The van der Waals surface area contributed by atoms with Crippen LogP contribution in [0.5, 0.6) is 0 Å². The molecule has 2 heterocycles. The Labute approximate surface area is 196 Å². The van der Waals surface area contributed by atoms with E-state index in [2.05, 4.69) is 44.3 Å². The molecule has 1 aliphatic carbocycles. The number of benzene rings is 1. The average Bonchev–Trinajstić information content (AvgIpc) is 3.16. The zero-order chi connectivity index (χ0) is 22.9. The Bertz CT molecular complexity index is 882. The number of thioether (sulfide) groups is 1. The first-order chi connectivity index (χ1) is 15.3. The van der Waals surface area contributed by atoms with Gasteiger partial charge in [-0.2, -0.15) is 11.8 Å². The van der Waals surface area contributed by atoms with Crippen LogP contribution < -0.4 is 10.2 Å². The number of carbonyl (C=O) groups is 2. The summed E-state index contributed by atoms with van der Waals surface area (Å²) in [5.74, 6) is 3.23. The number of carbonyl (C=O) groups excluding carboxylic acids is 2. The van der Waals surface area contributed by atoms with Gasteiger partial charge in [0, 0.05) is 29.8 Å². The Morgan fingerprint density at radius 2 is 2.03 bits per heavy atom. The van der Waals surface area contributed by atoms with E-state index in [0.717, 1.165) is 37.1 Å². The minimum atomic E-state index is -0.265. The van der Waals surface area contributed by atoms with Crippen molar-refractivity contribution in [1.82, 2.24) is 5.32 Å². The fourth-order valence-corrected chi connectivity index (χ4v) is 6.49. The van der Waals surface area contributed by atoms with Crippen LogP contribution in [-0.4, -0.2) is 42.2 Å². The molecule has 0 radical (unpaired) electrons. The first-order valence-electron chi connectivity index (χ1n) is 11.9. The predicted molar refractivity (Wildman–Crippen MR) is 132 cm³/mol. The largest absolute Gasteiger partial charge is 0.443 e. The Kier molecular flexibility index (Phi) is 6.89. The van der Waals surface area contributed by atoms with Gasteiger partial charge in [-0.25, -0.2) is 4.79 Å². The van der Waals surface area contributed by atoms with Crippen molar-refractivity contribution in [3.05, 3.63) is 35.9 Å². The number of hydrogen-bond donors (Lipinski definition) is 1. The molecule has 1 saturated heterocycles. The minimum Gasteiger partial charge on any atom is -0.443 e. The number of hydrogen-bond acceptors (Lipinski definition) is 4. The number of nitrogens with zero attached hydrogens (tertiary/aromatic N) is 1. The molecule has 1 N–H and O–H groups in total. The lowest BCUT2D eigenvalue weighted by Gasteiger charge is -2.46. The van der Waals surface area contributed by atoms with Crippen LogP contribution in [0.2, 0.25) is 0 Å². The van der Waals surface area contributed by atoms with Crippen LogP contribution in [0.4, 0.5) is 10.5 Å². The second-order valence-corrected chi connectivity index (χ2v) is 11.3. The molecule has 0 aromatic heterocycles. The van der Waals surface area contributed by atoms with Crippen molar-refractivity contribution >= 4 is 35.0 Å². The molecule has 4 atom stereocenters. The maximum absolute atomic E-state index is 12.8. The minimum absolute atomic E-state index is 0.0155. The summed E-state index contributed by atoms with van der Waals surface area (Å²) in [5.41, 5.74) is 3.39. The molecule has 0 spiro atoms. The Hall–Kier alpha value is -1.95. The standard InChI is InChI=1S/C26H36N2O3S/c1-17(2)22-9-12-26(4,15-23(22)27-18(3)29)24-16-28(25(30)31-24)21-7-5-19(6-8-21)20-10-13-32-14-11-20/h5-8,10,17,22-24H,9,11-16H2,1-4H3,(H,27,29)/t22?,23?,24?,26-/m0/s1. The van der Waals surface area contributed by atoms with Gasteiger partial charge < -0.3 is 10.1 Å². The van der Waals surface area contributed by atoms with E-state index in [1.807, 2.05) is 23.9 Å². The molecule has 174 valence electrons. The number of amides is 2. The maximum Gasteiger partial charge on any atom is 0.414 e. The van der Waals surface area contributed by atoms with Crippen molar-refractivity contribution in [2.24, 2.45) is 17.3 Å². The van der Waals surface area contributed by atoms with E-state index in [1.54, 1.807) is 11.8 Å². The van der Waals surface area contributed by atoms with E-state index in [4.69, 9.17) is 4.74 Å². The smallest absolute Gasteiger partial charge is 0.414 e. The fourth-order valence-electron chi connectivity index (χ4n) is 5.64. The zero-order valence-corrected chi connectivity index (χ0v) is 20.5. The Morgan fingerprint density at radius 1 is 1.28 bits per heavy atom. The summed E-state index contributed by atoms with van der Waals surface area (Å²) >= 11 is 1.97. The van der Waals surface area contributed by atoms with Crippen LogP contribution >= 0.6 is 11.8 Å². The summed E-state index contributed by atoms with van der Waals surface area (Å²) < 4.78 is 5.93. The summed E-state index contributed by atoms with van der Waals surface area (Å²) in [5, 5.41) is 3.18. The summed E-state index contributed by atoms with van der Waals surface area (Å²) in [6.45, 7) is 8.83. The molecular weight excluding hydrogens is 420 g/mol. The third-order valence-corrected chi connectivity index (χ3v) is 8.49. The number of rotatable bonds is 5. The van der Waals surface area contributed by atoms with E-state index in [1.165, 1.54) is 16.9 Å². The van der Waals surface area contributed by atoms with Crippen molar-refractivity contribution in [1.29, 1.82) is 0 Å². The van der Waals surface area contributed by atoms with E-state index in [0.29, 0.717) is 18.4 Å². The van der Waals surface area contributed by atoms with Gasteiger partial charge in [0.1, 0.15) is 6.10 Å². The topological polar surface area (TPSA) is 58.6 Å². The predicted octanol–water partition coefficient (Wildman–Crippen LogP) is 5.50. The van der Waals surface area contributed by atoms with Crippen molar-refractivity contribution in [3.63, 3.8) is 0 Å². The van der Waals surface area contributed by atoms with Crippen LogP contribution in [0.15, 0.2) is 30.3 Å². The highest BCUT2D eigenvalue weighted by molar-refractivity contribution is 7.99. The van der Waals surface area contributed by atoms with Gasteiger partial charge >= 0.3 is 6.09 Å². The first-order valence-corrected chi connectivity index (χ1v) is 13.0. The summed E-state index contributed by atoms with van der Waals surface area (Å²) in [6, 6.07) is 8.46. The molecule has 1 aromatic carbocycles. The fraction of sp³-hybridized carbons (Fsp3) is 0.615. The highest BCUT2D eigenvalue weighted by Crippen LogP contribution is 2.46. The molecule has 32 heavy (non-hydrogen) atoms. The molecule has 1 aromatic rings. The quantitative estimate of drug-likeness (QED) is 0.636. The van der Waals surface area contributed by atoms with Gasteiger partial charge in [-0.05, 0) is 66.5 Å². The molecule has 6 heteroatoms. The Balaban J connectivity index is 1.47. The monoisotopic (exact) mass is 456 g/mol. The van der Waals surface area contributed by atoms with Crippen molar-refractivity contribution in [3.8, 4) is 0 Å². The van der Waals surface area contributed by atoms with Gasteiger partial charge in [-0.15, -0.1) is 0 Å². The van der Waals surface area contributed by atoms with Gasteiger partial charge in [0.2, 0.25) is 5.91 Å². The normalized spacial score (nSPS) is 30.8. The van der Waals surface area contributed by atoms with Gasteiger partial charge in [0.15, 0.2) is 0 Å². The van der Waals surface area contributed by atoms with Crippen LogP contribution in [0.1, 0.15) is 58.9 Å². The summed E-state index contributed by atoms with van der Waals surface area (Å²) in [7, 11) is 0. The second kappa shape index (κ2) is 9.50. The van der Waals surface area contributed by atoms with Crippen LogP contribution in [-0.2, 0) is 9.53 Å². The molecule has 2 aliphatic heterocycles. The molecule has 2 fully saturated rings. The lowest BCUT2D eigenvalue weighted by molar-refractivity contribution is -0.121. The van der Waals surface area contributed by atoms with Crippen molar-refractivity contribution in [2.75, 3.05) is 23.0 Å². The van der Waals surface area contributed by atoms with Gasteiger partial charge in [-0.3, -0.25) is 9.69 Å². The van der Waals surface area contributed by atoms with E-state index in [9.17, 15) is 9.59 Å². The molecule has 4 rings (SSSR count). The van der Waals surface area contributed by atoms with Crippen LogP contribution in [0, 0.1) is 17.3 Å². The molecular formula is C26H36N2O3S. The zero-order valence-electron chi connectivity index (χ0n) is 19.7. The van der Waals surface area contributed by atoms with Crippen LogP contribution in [0.25, 0.3) is 5.57 Å². The number of cyclic esters (lactones) is 1. The third kappa shape index (κ3) is 4.85. The lowest BCUT2D eigenvalue weighted by Crippen LogP contribution is -2.51. The van der Waals surface area contributed by atoms with Crippen molar-refractivity contribution < 1.29 is 14.3 Å². The Morgan fingerprint density at radius 3 is 2.66 bits per heavy atom. The number of nitrogens with one attached hydrogen (secondary N) is 1. The molecule has 5 nitrogen and oxygen atoms in total. The SMILES string of the molecule is CC(=O)NC1C[C@@](C)(C2CN(c3ccc(C4=CCSCC4)cc3)C(=O)O2)CCC1C(C)C. The highest BCUT2D eigenvalue weighted by atomic mass is 32.2. The molecule has 3 unspecified atom stereocenters. The van der Waals surface area contributed by atoms with Gasteiger partial charge in [0.05, 0.1) is 6.54 Å². The van der Waals surface area contributed by atoms with Gasteiger partial charge in [-0.1, -0.05) is 39.0 Å². The molecule has 2 amide bonds. The maximum atomic E-state index is 12.8. The summed E-state index contributed by atoms with van der Waals surface area (Å²) in [6.07, 6.45) is 5.85. The van der Waals surface area contributed by atoms with E-state index >= 15 is 0 Å². The van der Waals surface area contributed by atoms with E-state index < -0.39 is 0 Å². The van der Waals surface area contributed by atoms with E-state index in [-0.39, 0.29) is 29.6 Å². The summed E-state index contributed by atoms with van der Waals surface area (Å²) in [4.78, 5) is 26.4. The molecule has 0 bridgehead atoms.